The van der Waals surface area contributed by atoms with Crippen LogP contribution >= 0.6 is 11.6 Å². The Morgan fingerprint density at radius 1 is 0.952 bits per heavy atom. The molecule has 0 aromatic heterocycles. The van der Waals surface area contributed by atoms with Crippen LogP contribution in [0.2, 0.25) is 5.02 Å². The first kappa shape index (κ1) is 14.1. The summed E-state index contributed by atoms with van der Waals surface area (Å²) in [6, 6.07) is 18.1. The quantitative estimate of drug-likeness (QED) is 0.729. The molecule has 0 radical (unpaired) electrons. The van der Waals surface area contributed by atoms with E-state index in [4.69, 9.17) is 11.6 Å². The van der Waals surface area contributed by atoms with Gasteiger partial charge in [0.2, 0.25) is 0 Å². The zero-order chi connectivity index (χ0) is 14.8. The van der Waals surface area contributed by atoms with Crippen LogP contribution in [-0.2, 0) is 6.42 Å². The van der Waals surface area contributed by atoms with E-state index in [1.165, 1.54) is 12.1 Å². The second-order valence-electron chi connectivity index (χ2n) is 5.06. The van der Waals surface area contributed by atoms with Gasteiger partial charge < -0.3 is 5.11 Å². The van der Waals surface area contributed by atoms with E-state index in [0.29, 0.717) is 10.6 Å². The number of hydrogen-bond donors (Lipinski definition) is 1. The van der Waals surface area contributed by atoms with Crippen LogP contribution in [0.3, 0.4) is 0 Å². The fourth-order valence-corrected chi connectivity index (χ4v) is 2.64. The molecule has 0 amide bonds. The molecule has 0 saturated heterocycles. The summed E-state index contributed by atoms with van der Waals surface area (Å²) in [6.07, 6.45) is -0.562. The lowest BCUT2D eigenvalue weighted by atomic mass is 9.98. The van der Waals surface area contributed by atoms with Crippen LogP contribution in [0.15, 0.2) is 60.7 Å². The molecular formula is C18H14ClFO. The molecule has 0 saturated carbocycles. The average Bonchev–Trinajstić information content (AvgIpc) is 2.50. The van der Waals surface area contributed by atoms with Gasteiger partial charge in [-0.3, -0.25) is 0 Å². The highest BCUT2D eigenvalue weighted by Crippen LogP contribution is 2.25. The Labute approximate surface area is 127 Å². The first-order valence-corrected chi connectivity index (χ1v) is 7.12. The summed E-state index contributed by atoms with van der Waals surface area (Å²) in [5, 5.41) is 13.0. The fraction of sp³-hybridized carbons (Fsp3) is 0.111. The number of aliphatic hydroxyl groups is 1. The van der Waals surface area contributed by atoms with Crippen molar-refractivity contribution in [2.75, 3.05) is 0 Å². The Balaban J connectivity index is 1.89. The second-order valence-corrected chi connectivity index (χ2v) is 5.50. The van der Waals surface area contributed by atoms with Crippen LogP contribution < -0.4 is 0 Å². The van der Waals surface area contributed by atoms with Gasteiger partial charge in [-0.1, -0.05) is 48.0 Å². The number of hydrogen-bond acceptors (Lipinski definition) is 1. The van der Waals surface area contributed by atoms with Gasteiger partial charge in [0.25, 0.3) is 0 Å². The predicted octanol–water partition coefficient (Wildman–Crippen LogP) is 4.91. The minimum atomic E-state index is -0.762. The van der Waals surface area contributed by atoms with E-state index in [9.17, 15) is 9.50 Å². The lowest BCUT2D eigenvalue weighted by Crippen LogP contribution is -2.03. The Morgan fingerprint density at radius 2 is 1.71 bits per heavy atom. The molecule has 1 nitrogen and oxygen atoms in total. The first-order chi connectivity index (χ1) is 10.1. The highest BCUT2D eigenvalue weighted by molar-refractivity contribution is 6.30. The SMILES string of the molecule is OC(Cc1cc(Cl)ccc1F)c1ccc2ccccc2c1. The molecule has 0 aliphatic carbocycles. The molecule has 21 heavy (non-hydrogen) atoms. The number of halogens is 2. The number of rotatable bonds is 3. The van der Waals surface area contributed by atoms with Crippen molar-refractivity contribution >= 4 is 22.4 Å². The maximum atomic E-state index is 13.7. The molecule has 3 aromatic carbocycles. The lowest BCUT2D eigenvalue weighted by molar-refractivity contribution is 0.177. The third-order valence-electron chi connectivity index (χ3n) is 3.58. The second kappa shape index (κ2) is 5.84. The summed E-state index contributed by atoms with van der Waals surface area (Å²) in [5.74, 6) is -0.348. The zero-order valence-corrected chi connectivity index (χ0v) is 12.0. The van der Waals surface area contributed by atoms with Crippen molar-refractivity contribution in [2.45, 2.75) is 12.5 Å². The average molecular weight is 301 g/mol. The van der Waals surface area contributed by atoms with Gasteiger partial charge in [0, 0.05) is 11.4 Å². The highest BCUT2D eigenvalue weighted by atomic mass is 35.5. The molecule has 3 aromatic rings. The number of benzene rings is 3. The predicted molar refractivity (Wildman–Crippen MR) is 84.0 cm³/mol. The molecule has 1 unspecified atom stereocenters. The van der Waals surface area contributed by atoms with Crippen LogP contribution in [0.25, 0.3) is 10.8 Å². The molecule has 106 valence electrons. The summed E-state index contributed by atoms with van der Waals surface area (Å²) in [5.41, 5.74) is 1.19. The molecule has 3 rings (SSSR count). The van der Waals surface area contributed by atoms with Gasteiger partial charge in [-0.05, 0) is 46.2 Å². The normalized spacial score (nSPS) is 12.5. The van der Waals surface area contributed by atoms with E-state index in [0.717, 1.165) is 16.3 Å². The van der Waals surface area contributed by atoms with Gasteiger partial charge in [-0.15, -0.1) is 0 Å². The Bertz CT molecular complexity index is 785. The van der Waals surface area contributed by atoms with Gasteiger partial charge >= 0.3 is 0 Å². The summed E-state index contributed by atoms with van der Waals surface area (Å²) in [6.45, 7) is 0. The molecule has 1 atom stereocenters. The molecular weight excluding hydrogens is 287 g/mol. The van der Waals surface area contributed by atoms with Crippen LogP contribution in [-0.4, -0.2) is 5.11 Å². The molecule has 0 aliphatic rings. The number of fused-ring (bicyclic) bond motifs is 1. The molecule has 0 aliphatic heterocycles. The van der Waals surface area contributed by atoms with Crippen LogP contribution in [0.5, 0.6) is 0 Å². The molecule has 1 N–H and O–H groups in total. The minimum Gasteiger partial charge on any atom is -0.388 e. The Kier molecular flexibility index (Phi) is 3.91. The van der Waals surface area contributed by atoms with Crippen molar-refractivity contribution in [1.29, 1.82) is 0 Å². The Hall–Kier alpha value is -1.90. The van der Waals surface area contributed by atoms with Crippen LogP contribution in [0.1, 0.15) is 17.2 Å². The topological polar surface area (TPSA) is 20.2 Å². The van der Waals surface area contributed by atoms with E-state index < -0.39 is 6.10 Å². The van der Waals surface area contributed by atoms with E-state index in [1.807, 2.05) is 42.5 Å². The fourth-order valence-electron chi connectivity index (χ4n) is 2.44. The van der Waals surface area contributed by atoms with Gasteiger partial charge in [0.1, 0.15) is 5.82 Å². The summed E-state index contributed by atoms with van der Waals surface area (Å²) < 4.78 is 13.7. The molecule has 0 fully saturated rings. The van der Waals surface area contributed by atoms with E-state index >= 15 is 0 Å². The summed E-state index contributed by atoms with van der Waals surface area (Å²) in [7, 11) is 0. The summed E-state index contributed by atoms with van der Waals surface area (Å²) in [4.78, 5) is 0. The van der Waals surface area contributed by atoms with Crippen LogP contribution in [0.4, 0.5) is 4.39 Å². The molecule has 0 bridgehead atoms. The monoisotopic (exact) mass is 300 g/mol. The van der Waals surface area contributed by atoms with E-state index in [1.54, 1.807) is 6.07 Å². The van der Waals surface area contributed by atoms with Crippen molar-refractivity contribution in [3.63, 3.8) is 0 Å². The maximum absolute atomic E-state index is 13.7. The Morgan fingerprint density at radius 3 is 2.52 bits per heavy atom. The van der Waals surface area contributed by atoms with Crippen molar-refractivity contribution in [2.24, 2.45) is 0 Å². The van der Waals surface area contributed by atoms with Gasteiger partial charge in [-0.25, -0.2) is 4.39 Å². The highest BCUT2D eigenvalue weighted by Gasteiger charge is 2.12. The smallest absolute Gasteiger partial charge is 0.126 e. The molecule has 0 heterocycles. The van der Waals surface area contributed by atoms with Crippen molar-refractivity contribution in [3.8, 4) is 0 Å². The standard InChI is InChI=1S/C18H14ClFO/c19-16-7-8-17(20)15(10-16)11-18(21)14-6-5-12-3-1-2-4-13(12)9-14/h1-10,18,21H,11H2. The lowest BCUT2D eigenvalue weighted by Gasteiger charge is -2.13. The maximum Gasteiger partial charge on any atom is 0.126 e. The summed E-state index contributed by atoms with van der Waals surface area (Å²) >= 11 is 5.88. The van der Waals surface area contributed by atoms with Gasteiger partial charge in [-0.2, -0.15) is 0 Å². The molecule has 3 heteroatoms. The van der Waals surface area contributed by atoms with Crippen LogP contribution in [0, 0.1) is 5.82 Å². The van der Waals surface area contributed by atoms with Gasteiger partial charge in [0.15, 0.2) is 0 Å². The van der Waals surface area contributed by atoms with E-state index in [2.05, 4.69) is 0 Å². The van der Waals surface area contributed by atoms with Gasteiger partial charge in [0.05, 0.1) is 6.10 Å². The minimum absolute atomic E-state index is 0.199. The number of aliphatic hydroxyl groups excluding tert-OH is 1. The third kappa shape index (κ3) is 3.07. The van der Waals surface area contributed by atoms with Crippen molar-refractivity contribution < 1.29 is 9.50 Å². The van der Waals surface area contributed by atoms with Crippen molar-refractivity contribution in [3.05, 3.63) is 82.6 Å². The largest absolute Gasteiger partial charge is 0.388 e. The zero-order valence-electron chi connectivity index (χ0n) is 11.3. The van der Waals surface area contributed by atoms with E-state index in [-0.39, 0.29) is 12.2 Å². The van der Waals surface area contributed by atoms with Crippen molar-refractivity contribution in [1.82, 2.24) is 0 Å². The third-order valence-corrected chi connectivity index (χ3v) is 3.81. The molecule has 0 spiro atoms. The first-order valence-electron chi connectivity index (χ1n) is 6.74.